The smallest absolute Gasteiger partial charge is 0.128 e. The average Bonchev–Trinajstić information content (AvgIpc) is 3.06. The average molecular weight is 320 g/mol. The highest BCUT2D eigenvalue weighted by atomic mass is 15.2. The summed E-state index contributed by atoms with van der Waals surface area (Å²) in [5.41, 5.74) is 2.55. The van der Waals surface area contributed by atoms with Crippen LogP contribution in [0.2, 0.25) is 0 Å². The van der Waals surface area contributed by atoms with E-state index in [9.17, 15) is 0 Å². The van der Waals surface area contributed by atoms with Crippen molar-refractivity contribution in [1.82, 2.24) is 15.3 Å². The molecule has 0 amide bonds. The van der Waals surface area contributed by atoms with Crippen LogP contribution in [-0.4, -0.2) is 35.6 Å². The van der Waals surface area contributed by atoms with Crippen molar-refractivity contribution in [3.63, 3.8) is 0 Å². The minimum atomic E-state index is 0.620. The normalized spacial score (nSPS) is 15.9. The third kappa shape index (κ3) is 3.44. The Morgan fingerprint density at radius 1 is 1.08 bits per heavy atom. The third-order valence-electron chi connectivity index (χ3n) is 4.88. The van der Waals surface area contributed by atoms with Crippen molar-refractivity contribution in [2.75, 3.05) is 24.5 Å². The van der Waals surface area contributed by atoms with Crippen LogP contribution < -0.4 is 10.2 Å². The van der Waals surface area contributed by atoms with Crippen LogP contribution in [0.4, 0.5) is 5.82 Å². The molecule has 1 aliphatic heterocycles. The van der Waals surface area contributed by atoms with Crippen molar-refractivity contribution in [3.05, 3.63) is 60.4 Å². The first-order chi connectivity index (χ1) is 11.9. The number of fused-ring (bicyclic) bond motifs is 1. The molecule has 0 saturated carbocycles. The second-order valence-electron chi connectivity index (χ2n) is 6.54. The molecule has 4 rings (SSSR count). The Morgan fingerprint density at radius 2 is 1.92 bits per heavy atom. The Bertz CT molecular complexity index is 739. The third-order valence-corrected chi connectivity index (χ3v) is 4.88. The number of aromatic nitrogens is 2. The Labute approximate surface area is 142 Å². The van der Waals surface area contributed by atoms with Gasteiger partial charge in [0.05, 0.1) is 0 Å². The predicted octanol–water partition coefficient (Wildman–Crippen LogP) is 3.36. The number of H-pyrrole nitrogens is 1. The number of anilines is 1. The first kappa shape index (κ1) is 15.2. The van der Waals surface area contributed by atoms with Gasteiger partial charge < -0.3 is 15.2 Å². The van der Waals surface area contributed by atoms with Gasteiger partial charge in [-0.2, -0.15) is 0 Å². The number of piperidine rings is 1. The van der Waals surface area contributed by atoms with Gasteiger partial charge in [0, 0.05) is 43.1 Å². The van der Waals surface area contributed by atoms with Crippen LogP contribution in [0.3, 0.4) is 0 Å². The molecule has 2 aromatic heterocycles. The van der Waals surface area contributed by atoms with Crippen LogP contribution >= 0.6 is 0 Å². The van der Waals surface area contributed by atoms with E-state index < -0.39 is 0 Å². The maximum absolute atomic E-state index is 4.45. The molecule has 2 N–H and O–H groups in total. The lowest BCUT2D eigenvalue weighted by molar-refractivity contribution is 0.416. The van der Waals surface area contributed by atoms with E-state index >= 15 is 0 Å². The highest BCUT2D eigenvalue weighted by Gasteiger charge is 2.19. The lowest BCUT2D eigenvalue weighted by atomic mass is 10.0. The molecule has 4 nitrogen and oxygen atoms in total. The van der Waals surface area contributed by atoms with E-state index in [0.717, 1.165) is 31.9 Å². The molecular weight excluding hydrogens is 296 g/mol. The summed E-state index contributed by atoms with van der Waals surface area (Å²) < 4.78 is 0. The summed E-state index contributed by atoms with van der Waals surface area (Å²) in [6.07, 6.45) is 5.29. The molecule has 3 heterocycles. The number of benzene rings is 1. The van der Waals surface area contributed by atoms with Crippen molar-refractivity contribution in [3.8, 4) is 0 Å². The molecule has 0 radical (unpaired) electrons. The molecule has 0 atom stereocenters. The Balaban J connectivity index is 1.24. The highest BCUT2D eigenvalue weighted by molar-refractivity contribution is 5.80. The van der Waals surface area contributed by atoms with Crippen LogP contribution in [0.5, 0.6) is 0 Å². The number of hydrogen-bond donors (Lipinski definition) is 2. The number of aromatic amines is 1. The molecule has 0 spiro atoms. The summed E-state index contributed by atoms with van der Waals surface area (Å²) in [6.45, 7) is 3.20. The fourth-order valence-electron chi connectivity index (χ4n) is 3.53. The van der Waals surface area contributed by atoms with Gasteiger partial charge in [0.2, 0.25) is 0 Å². The summed E-state index contributed by atoms with van der Waals surface area (Å²) in [5, 5.41) is 5.02. The molecule has 1 aromatic carbocycles. The quantitative estimate of drug-likeness (QED) is 0.757. The van der Waals surface area contributed by atoms with Gasteiger partial charge >= 0.3 is 0 Å². The standard InChI is InChI=1S/C20H24N4/c1-2-6-19-16(5-1)15-18(23-19)8-12-21-17-9-13-24(14-10-17)20-7-3-4-11-22-20/h1-7,11,15,17,21,23H,8-10,12-14H2. The number of para-hydroxylation sites is 1. The number of rotatable bonds is 5. The fraction of sp³-hybridized carbons (Fsp3) is 0.350. The zero-order valence-corrected chi connectivity index (χ0v) is 13.9. The van der Waals surface area contributed by atoms with Gasteiger partial charge in [-0.3, -0.25) is 0 Å². The van der Waals surface area contributed by atoms with E-state index in [0.29, 0.717) is 6.04 Å². The predicted molar refractivity (Wildman–Crippen MR) is 99.5 cm³/mol. The van der Waals surface area contributed by atoms with Gasteiger partial charge in [-0.05, 0) is 48.9 Å². The van der Waals surface area contributed by atoms with Gasteiger partial charge in [-0.25, -0.2) is 4.98 Å². The van der Waals surface area contributed by atoms with E-state index in [1.807, 2.05) is 12.3 Å². The van der Waals surface area contributed by atoms with Crippen molar-refractivity contribution in [2.45, 2.75) is 25.3 Å². The van der Waals surface area contributed by atoms with Crippen LogP contribution in [0.25, 0.3) is 10.9 Å². The molecule has 0 bridgehead atoms. The molecule has 1 saturated heterocycles. The summed E-state index contributed by atoms with van der Waals surface area (Å²) in [5.74, 6) is 1.11. The largest absolute Gasteiger partial charge is 0.358 e. The van der Waals surface area contributed by atoms with Gasteiger partial charge in [0.25, 0.3) is 0 Å². The Hall–Kier alpha value is -2.33. The van der Waals surface area contributed by atoms with Crippen LogP contribution in [0.15, 0.2) is 54.7 Å². The molecule has 0 unspecified atom stereocenters. The lowest BCUT2D eigenvalue weighted by Gasteiger charge is -2.33. The highest BCUT2D eigenvalue weighted by Crippen LogP contribution is 2.18. The van der Waals surface area contributed by atoms with Crippen LogP contribution in [0, 0.1) is 0 Å². The summed E-state index contributed by atoms with van der Waals surface area (Å²) >= 11 is 0. The zero-order valence-electron chi connectivity index (χ0n) is 13.9. The minimum absolute atomic E-state index is 0.620. The molecule has 4 heteroatoms. The van der Waals surface area contributed by atoms with Crippen molar-refractivity contribution in [2.24, 2.45) is 0 Å². The molecule has 24 heavy (non-hydrogen) atoms. The summed E-state index contributed by atoms with van der Waals surface area (Å²) in [4.78, 5) is 10.3. The second kappa shape index (κ2) is 7.05. The number of nitrogens with one attached hydrogen (secondary N) is 2. The van der Waals surface area contributed by atoms with E-state index in [1.54, 1.807) is 0 Å². The van der Waals surface area contributed by atoms with E-state index in [-0.39, 0.29) is 0 Å². The van der Waals surface area contributed by atoms with Gasteiger partial charge in [0.15, 0.2) is 0 Å². The van der Waals surface area contributed by atoms with Crippen molar-refractivity contribution < 1.29 is 0 Å². The maximum atomic E-state index is 4.45. The molecule has 124 valence electrons. The van der Waals surface area contributed by atoms with Gasteiger partial charge in [0.1, 0.15) is 5.82 Å². The zero-order chi connectivity index (χ0) is 16.2. The first-order valence-electron chi connectivity index (χ1n) is 8.84. The van der Waals surface area contributed by atoms with Crippen molar-refractivity contribution in [1.29, 1.82) is 0 Å². The number of hydrogen-bond acceptors (Lipinski definition) is 3. The molecule has 3 aromatic rings. The second-order valence-corrected chi connectivity index (χ2v) is 6.54. The number of nitrogens with zero attached hydrogens (tertiary/aromatic N) is 2. The summed E-state index contributed by atoms with van der Waals surface area (Å²) in [6, 6.07) is 17.5. The van der Waals surface area contributed by atoms with Crippen LogP contribution in [-0.2, 0) is 6.42 Å². The SMILES string of the molecule is c1ccc(N2CCC(NCCc3cc4ccccc4[nH]3)CC2)nc1. The van der Waals surface area contributed by atoms with Crippen LogP contribution in [0.1, 0.15) is 18.5 Å². The lowest BCUT2D eigenvalue weighted by Crippen LogP contribution is -2.43. The maximum Gasteiger partial charge on any atom is 0.128 e. The fourth-order valence-corrected chi connectivity index (χ4v) is 3.53. The monoisotopic (exact) mass is 320 g/mol. The summed E-state index contributed by atoms with van der Waals surface area (Å²) in [7, 11) is 0. The Morgan fingerprint density at radius 3 is 2.71 bits per heavy atom. The molecule has 1 fully saturated rings. The first-order valence-corrected chi connectivity index (χ1v) is 8.84. The van der Waals surface area contributed by atoms with Gasteiger partial charge in [-0.15, -0.1) is 0 Å². The van der Waals surface area contributed by atoms with Crippen molar-refractivity contribution >= 4 is 16.7 Å². The molecule has 1 aliphatic rings. The topological polar surface area (TPSA) is 44.0 Å². The van der Waals surface area contributed by atoms with E-state index in [4.69, 9.17) is 0 Å². The minimum Gasteiger partial charge on any atom is -0.358 e. The van der Waals surface area contributed by atoms with E-state index in [2.05, 4.69) is 62.6 Å². The van der Waals surface area contributed by atoms with Gasteiger partial charge in [-0.1, -0.05) is 24.3 Å². The Kier molecular flexibility index (Phi) is 4.47. The molecular formula is C20H24N4. The van der Waals surface area contributed by atoms with E-state index in [1.165, 1.54) is 29.4 Å². The number of pyridine rings is 1. The molecule has 0 aliphatic carbocycles.